The van der Waals surface area contributed by atoms with E-state index in [4.69, 9.17) is 4.74 Å². The van der Waals surface area contributed by atoms with Crippen molar-refractivity contribution in [2.45, 2.75) is 19.9 Å². The van der Waals surface area contributed by atoms with Crippen molar-refractivity contribution in [1.82, 2.24) is 4.98 Å². The number of carbonyl (C=O) groups is 1. The van der Waals surface area contributed by atoms with Crippen LogP contribution < -0.4 is 10.2 Å². The van der Waals surface area contributed by atoms with Crippen LogP contribution in [-0.4, -0.2) is 29.2 Å². The molecule has 1 amide bonds. The molecule has 0 bridgehead atoms. The normalized spacial score (nSPS) is 15.0. The number of rotatable bonds is 5. The molecule has 1 saturated heterocycles. The fraction of sp³-hybridized carbons (Fsp3) is 0.294. The van der Waals surface area contributed by atoms with Gasteiger partial charge in [0.25, 0.3) is 5.69 Å². The lowest BCUT2D eigenvalue weighted by Crippen LogP contribution is -2.23. The number of hydrogen-bond donors (Lipinski definition) is 1. The average Bonchev–Trinajstić information content (AvgIpc) is 3.01. The molecular weight excluding hydrogens is 324 g/mol. The number of amides is 1. The van der Waals surface area contributed by atoms with Crippen LogP contribution in [0.25, 0.3) is 0 Å². The van der Waals surface area contributed by atoms with E-state index >= 15 is 0 Å². The molecular formula is C17H18N4O4. The number of pyridine rings is 1. The first-order valence-electron chi connectivity index (χ1n) is 7.87. The highest BCUT2D eigenvalue weighted by molar-refractivity contribution is 5.89. The minimum atomic E-state index is -0.450. The van der Waals surface area contributed by atoms with Crippen LogP contribution in [0, 0.1) is 17.0 Å². The van der Waals surface area contributed by atoms with Crippen molar-refractivity contribution >= 4 is 23.3 Å². The lowest BCUT2D eigenvalue weighted by atomic mass is 10.1. The van der Waals surface area contributed by atoms with E-state index in [2.05, 4.69) is 10.3 Å². The third kappa shape index (κ3) is 3.52. The molecule has 1 aromatic carbocycles. The van der Waals surface area contributed by atoms with Crippen molar-refractivity contribution in [2.75, 3.05) is 23.4 Å². The van der Waals surface area contributed by atoms with Crippen molar-refractivity contribution in [3.63, 3.8) is 0 Å². The van der Waals surface area contributed by atoms with Gasteiger partial charge in [0.15, 0.2) is 0 Å². The average molecular weight is 342 g/mol. The number of carbonyl (C=O) groups excluding carboxylic acids is 1. The second kappa shape index (κ2) is 6.76. The molecule has 8 heteroatoms. The maximum Gasteiger partial charge on any atom is 0.414 e. The Hall–Kier alpha value is -3.16. The van der Waals surface area contributed by atoms with E-state index < -0.39 is 4.92 Å². The molecule has 8 nitrogen and oxygen atoms in total. The van der Waals surface area contributed by atoms with Crippen LogP contribution in [0.5, 0.6) is 0 Å². The fourth-order valence-corrected chi connectivity index (χ4v) is 2.71. The van der Waals surface area contributed by atoms with E-state index in [1.54, 1.807) is 17.9 Å². The van der Waals surface area contributed by atoms with Crippen LogP contribution in [0.2, 0.25) is 0 Å². The highest BCUT2D eigenvalue weighted by Crippen LogP contribution is 2.26. The van der Waals surface area contributed by atoms with Gasteiger partial charge >= 0.3 is 6.09 Å². The number of cyclic esters (lactones) is 1. The van der Waals surface area contributed by atoms with E-state index in [0.717, 1.165) is 11.3 Å². The van der Waals surface area contributed by atoms with Gasteiger partial charge in [-0.2, -0.15) is 0 Å². The van der Waals surface area contributed by atoms with Crippen molar-refractivity contribution in [3.8, 4) is 0 Å². The number of anilines is 2. The number of benzene rings is 1. The predicted octanol–water partition coefficient (Wildman–Crippen LogP) is 3.43. The van der Waals surface area contributed by atoms with E-state index in [-0.39, 0.29) is 17.8 Å². The molecule has 130 valence electrons. The van der Waals surface area contributed by atoms with Crippen LogP contribution >= 0.6 is 0 Å². The summed E-state index contributed by atoms with van der Waals surface area (Å²) in [7, 11) is 0. The Labute approximate surface area is 144 Å². The van der Waals surface area contributed by atoms with Crippen molar-refractivity contribution in [3.05, 3.63) is 57.8 Å². The summed E-state index contributed by atoms with van der Waals surface area (Å²) in [6.45, 7) is 4.56. The molecule has 0 radical (unpaired) electrons. The van der Waals surface area contributed by atoms with Crippen LogP contribution in [-0.2, 0) is 4.74 Å². The highest BCUT2D eigenvalue weighted by atomic mass is 16.6. The van der Waals surface area contributed by atoms with Gasteiger partial charge in [-0.1, -0.05) is 12.1 Å². The Bertz CT molecular complexity index is 824. The first-order chi connectivity index (χ1) is 12.0. The van der Waals surface area contributed by atoms with Gasteiger partial charge in [-0.15, -0.1) is 0 Å². The number of nitrogens with zero attached hydrogens (tertiary/aromatic N) is 3. The molecule has 1 atom stereocenters. The van der Waals surface area contributed by atoms with Crippen molar-refractivity contribution < 1.29 is 14.5 Å². The predicted molar refractivity (Wildman–Crippen MR) is 92.8 cm³/mol. The second-order valence-electron chi connectivity index (χ2n) is 5.84. The molecule has 2 heterocycles. The zero-order valence-corrected chi connectivity index (χ0v) is 13.9. The largest absolute Gasteiger partial charge is 0.447 e. The summed E-state index contributed by atoms with van der Waals surface area (Å²) in [6.07, 6.45) is 0.909. The van der Waals surface area contributed by atoms with Gasteiger partial charge in [0.2, 0.25) is 0 Å². The number of nitro groups is 1. The lowest BCUT2D eigenvalue weighted by Gasteiger charge is -2.18. The third-order valence-electron chi connectivity index (χ3n) is 4.09. The second-order valence-corrected chi connectivity index (χ2v) is 5.84. The highest BCUT2D eigenvalue weighted by Gasteiger charge is 2.24. The van der Waals surface area contributed by atoms with Crippen molar-refractivity contribution in [1.29, 1.82) is 0 Å². The molecule has 0 aliphatic carbocycles. The standard InChI is InChI=1S/C17H18N4O4/c1-11-8-16(18-10-15(11)21(23)24)19-12(2)13-4-3-5-14(9-13)20-6-7-25-17(20)22/h3-5,8-10,12H,6-7H2,1-2H3,(H,18,19). The minimum absolute atomic E-state index is 0.00672. The Kier molecular flexibility index (Phi) is 4.51. The van der Waals surface area contributed by atoms with Crippen molar-refractivity contribution in [2.24, 2.45) is 0 Å². The summed E-state index contributed by atoms with van der Waals surface area (Å²) in [5.41, 5.74) is 2.28. The Balaban J connectivity index is 1.77. The van der Waals surface area contributed by atoms with E-state index in [1.807, 2.05) is 31.2 Å². The minimum Gasteiger partial charge on any atom is -0.447 e. The van der Waals surface area contributed by atoms with E-state index in [9.17, 15) is 14.9 Å². The molecule has 1 fully saturated rings. The third-order valence-corrected chi connectivity index (χ3v) is 4.09. The van der Waals surface area contributed by atoms with Gasteiger partial charge < -0.3 is 10.1 Å². The number of nitrogens with one attached hydrogen (secondary N) is 1. The molecule has 25 heavy (non-hydrogen) atoms. The fourth-order valence-electron chi connectivity index (χ4n) is 2.71. The zero-order valence-electron chi connectivity index (χ0n) is 13.9. The zero-order chi connectivity index (χ0) is 18.0. The molecule has 1 aromatic heterocycles. The van der Waals surface area contributed by atoms with Gasteiger partial charge in [-0.05, 0) is 37.6 Å². The Morgan fingerprint density at radius 1 is 1.40 bits per heavy atom. The van der Waals surface area contributed by atoms with Gasteiger partial charge in [-0.3, -0.25) is 15.0 Å². The summed E-state index contributed by atoms with van der Waals surface area (Å²) in [6, 6.07) is 9.16. The number of aryl methyl sites for hydroxylation is 1. The van der Waals surface area contributed by atoms with Gasteiger partial charge in [-0.25, -0.2) is 9.78 Å². The van der Waals surface area contributed by atoms with Crippen LogP contribution in [0.15, 0.2) is 36.5 Å². The molecule has 0 spiro atoms. The first-order valence-corrected chi connectivity index (χ1v) is 7.87. The molecule has 3 rings (SSSR count). The molecule has 1 aliphatic heterocycles. The Morgan fingerprint density at radius 3 is 2.84 bits per heavy atom. The summed E-state index contributed by atoms with van der Waals surface area (Å²) in [5.74, 6) is 0.557. The molecule has 2 aromatic rings. The smallest absolute Gasteiger partial charge is 0.414 e. The van der Waals surface area contributed by atoms with Gasteiger partial charge in [0.1, 0.15) is 18.6 Å². The topological polar surface area (TPSA) is 97.6 Å². The summed E-state index contributed by atoms with van der Waals surface area (Å²) < 4.78 is 4.97. The number of aromatic nitrogens is 1. The van der Waals surface area contributed by atoms with Crippen LogP contribution in [0.3, 0.4) is 0 Å². The Morgan fingerprint density at radius 2 is 2.20 bits per heavy atom. The lowest BCUT2D eigenvalue weighted by molar-refractivity contribution is -0.385. The van der Waals surface area contributed by atoms with Gasteiger partial charge in [0.05, 0.1) is 17.5 Å². The van der Waals surface area contributed by atoms with Crippen LogP contribution in [0.1, 0.15) is 24.1 Å². The van der Waals surface area contributed by atoms with E-state index in [0.29, 0.717) is 24.5 Å². The first kappa shape index (κ1) is 16.7. The monoisotopic (exact) mass is 342 g/mol. The van der Waals surface area contributed by atoms with Crippen LogP contribution in [0.4, 0.5) is 22.0 Å². The van der Waals surface area contributed by atoms with Gasteiger partial charge in [0, 0.05) is 11.3 Å². The summed E-state index contributed by atoms with van der Waals surface area (Å²) in [5, 5.41) is 14.1. The molecule has 1 N–H and O–H groups in total. The number of ether oxygens (including phenoxy) is 1. The maximum absolute atomic E-state index is 11.7. The molecule has 1 unspecified atom stereocenters. The number of hydrogen-bond acceptors (Lipinski definition) is 6. The summed E-state index contributed by atoms with van der Waals surface area (Å²) >= 11 is 0. The SMILES string of the molecule is Cc1cc(NC(C)c2cccc(N3CCOC3=O)c2)ncc1[N+](=O)[O-]. The quantitative estimate of drug-likeness (QED) is 0.660. The summed E-state index contributed by atoms with van der Waals surface area (Å²) in [4.78, 5) is 27.8. The molecule has 0 saturated carbocycles. The molecule has 1 aliphatic rings. The maximum atomic E-state index is 11.7. The van der Waals surface area contributed by atoms with E-state index in [1.165, 1.54) is 6.20 Å².